The molecule has 2 aromatic heterocycles. The highest BCUT2D eigenvalue weighted by atomic mass is 32.2. The van der Waals surface area contributed by atoms with Gasteiger partial charge in [0, 0.05) is 15.2 Å². The molecule has 0 radical (unpaired) electrons. The van der Waals surface area contributed by atoms with Gasteiger partial charge in [-0.25, -0.2) is 14.4 Å². The molecular weight excluding hydrogens is 293 g/mol. The molecule has 102 valence electrons. The van der Waals surface area contributed by atoms with Crippen LogP contribution in [0.15, 0.2) is 40.3 Å². The highest BCUT2D eigenvalue weighted by molar-refractivity contribution is 7.99. The van der Waals surface area contributed by atoms with Crippen molar-refractivity contribution in [1.29, 1.82) is 0 Å². The number of rotatable bonds is 3. The zero-order chi connectivity index (χ0) is 14.1. The number of nitrogen functional groups attached to an aromatic ring is 1. The van der Waals surface area contributed by atoms with E-state index < -0.39 is 0 Å². The average molecular weight is 305 g/mol. The maximum Gasteiger partial charge on any atom is 0.222 e. The Labute approximate surface area is 124 Å². The maximum absolute atomic E-state index is 12.9. The smallest absolute Gasteiger partial charge is 0.222 e. The summed E-state index contributed by atoms with van der Waals surface area (Å²) in [5.74, 6) is 0.0251. The van der Waals surface area contributed by atoms with Gasteiger partial charge in [0.1, 0.15) is 15.7 Å². The lowest BCUT2D eigenvalue weighted by Gasteiger charge is -2.03. The van der Waals surface area contributed by atoms with Crippen LogP contribution >= 0.6 is 23.1 Å². The standard InChI is InChI=1S/C14H12FN3S2/c1-2-9-7-11-12(19-9)17-14(16)18-13(11)20-10-5-3-8(15)4-6-10/h3-7H,2H2,1H3,(H2,16,17,18). The lowest BCUT2D eigenvalue weighted by atomic mass is 10.3. The molecular formula is C14H12FN3S2. The van der Waals surface area contributed by atoms with Crippen LogP contribution < -0.4 is 5.73 Å². The van der Waals surface area contributed by atoms with E-state index >= 15 is 0 Å². The van der Waals surface area contributed by atoms with Gasteiger partial charge in [-0.2, -0.15) is 0 Å². The van der Waals surface area contributed by atoms with Crippen LogP contribution in [0.5, 0.6) is 0 Å². The van der Waals surface area contributed by atoms with Gasteiger partial charge < -0.3 is 5.73 Å². The van der Waals surface area contributed by atoms with Crippen LogP contribution in [0.1, 0.15) is 11.8 Å². The number of thiophene rings is 1. The Morgan fingerprint density at radius 1 is 1.25 bits per heavy atom. The van der Waals surface area contributed by atoms with Gasteiger partial charge in [-0.1, -0.05) is 18.7 Å². The molecule has 0 fully saturated rings. The SMILES string of the molecule is CCc1cc2c(Sc3ccc(F)cc3)nc(N)nc2s1. The zero-order valence-electron chi connectivity index (χ0n) is 10.8. The van der Waals surface area contributed by atoms with E-state index in [1.54, 1.807) is 23.5 Å². The molecule has 3 rings (SSSR count). The molecule has 0 spiro atoms. The third-order valence-corrected chi connectivity index (χ3v) is 4.99. The Morgan fingerprint density at radius 2 is 2.00 bits per heavy atom. The third kappa shape index (κ3) is 2.62. The van der Waals surface area contributed by atoms with Gasteiger partial charge in [-0.15, -0.1) is 11.3 Å². The molecule has 0 aliphatic rings. The summed E-state index contributed by atoms with van der Waals surface area (Å²) in [7, 11) is 0. The maximum atomic E-state index is 12.9. The van der Waals surface area contributed by atoms with Crippen molar-refractivity contribution in [3.05, 3.63) is 41.0 Å². The highest BCUT2D eigenvalue weighted by Gasteiger charge is 2.11. The van der Waals surface area contributed by atoms with Gasteiger partial charge in [0.05, 0.1) is 0 Å². The molecule has 0 saturated heterocycles. The lowest BCUT2D eigenvalue weighted by Crippen LogP contribution is -1.95. The van der Waals surface area contributed by atoms with E-state index in [-0.39, 0.29) is 11.8 Å². The van der Waals surface area contributed by atoms with Gasteiger partial charge in [-0.05, 0) is 36.8 Å². The monoisotopic (exact) mass is 305 g/mol. The number of nitrogens with two attached hydrogens (primary N) is 1. The topological polar surface area (TPSA) is 51.8 Å². The number of halogens is 1. The van der Waals surface area contributed by atoms with E-state index in [2.05, 4.69) is 23.0 Å². The van der Waals surface area contributed by atoms with Crippen LogP contribution in [-0.4, -0.2) is 9.97 Å². The average Bonchev–Trinajstić information content (AvgIpc) is 2.84. The minimum Gasteiger partial charge on any atom is -0.368 e. The minimum atomic E-state index is -0.245. The molecule has 3 nitrogen and oxygen atoms in total. The molecule has 0 atom stereocenters. The molecule has 1 aromatic carbocycles. The fraction of sp³-hybridized carbons (Fsp3) is 0.143. The third-order valence-electron chi connectivity index (χ3n) is 2.80. The number of benzene rings is 1. The van der Waals surface area contributed by atoms with Crippen LogP contribution in [0, 0.1) is 5.82 Å². The first-order valence-corrected chi connectivity index (χ1v) is 7.78. The first-order valence-electron chi connectivity index (χ1n) is 6.15. The van der Waals surface area contributed by atoms with Crippen molar-refractivity contribution in [2.24, 2.45) is 0 Å². The summed E-state index contributed by atoms with van der Waals surface area (Å²) in [6.45, 7) is 2.11. The summed E-state index contributed by atoms with van der Waals surface area (Å²) in [6.07, 6.45) is 0.960. The first-order chi connectivity index (χ1) is 9.65. The second-order valence-electron chi connectivity index (χ2n) is 4.23. The largest absolute Gasteiger partial charge is 0.368 e. The van der Waals surface area contributed by atoms with Gasteiger partial charge in [0.25, 0.3) is 0 Å². The minimum absolute atomic E-state index is 0.245. The predicted molar refractivity (Wildman–Crippen MR) is 81.7 cm³/mol. The Hall–Kier alpha value is -1.66. The predicted octanol–water partition coefficient (Wildman–Crippen LogP) is 4.13. The van der Waals surface area contributed by atoms with Gasteiger partial charge in [0.15, 0.2) is 0 Å². The summed E-state index contributed by atoms with van der Waals surface area (Å²) in [5, 5.41) is 1.82. The van der Waals surface area contributed by atoms with Crippen LogP contribution in [0.4, 0.5) is 10.3 Å². The number of aryl methyl sites for hydroxylation is 1. The summed E-state index contributed by atoms with van der Waals surface area (Å²) in [5.41, 5.74) is 5.76. The number of fused-ring (bicyclic) bond motifs is 1. The fourth-order valence-corrected chi connectivity index (χ4v) is 3.77. The number of hydrogen-bond donors (Lipinski definition) is 1. The van der Waals surface area contributed by atoms with Crippen molar-refractivity contribution in [3.63, 3.8) is 0 Å². The molecule has 3 aromatic rings. The second kappa shape index (κ2) is 5.38. The Kier molecular flexibility index (Phi) is 3.58. The molecule has 0 bridgehead atoms. The summed E-state index contributed by atoms with van der Waals surface area (Å²) in [6, 6.07) is 8.45. The van der Waals surface area contributed by atoms with Crippen molar-refractivity contribution in [3.8, 4) is 0 Å². The summed E-state index contributed by atoms with van der Waals surface area (Å²) >= 11 is 3.11. The molecule has 0 aliphatic heterocycles. The van der Waals surface area contributed by atoms with Gasteiger partial charge in [-0.3, -0.25) is 0 Å². The van der Waals surface area contributed by atoms with E-state index in [1.165, 1.54) is 28.8 Å². The fourth-order valence-electron chi connectivity index (χ4n) is 1.83. The molecule has 0 amide bonds. The molecule has 0 unspecified atom stereocenters. The van der Waals surface area contributed by atoms with Crippen molar-refractivity contribution in [1.82, 2.24) is 9.97 Å². The quantitative estimate of drug-likeness (QED) is 0.739. The first kappa shape index (κ1) is 13.3. The van der Waals surface area contributed by atoms with E-state index in [0.717, 1.165) is 26.6 Å². The molecule has 2 N–H and O–H groups in total. The van der Waals surface area contributed by atoms with Crippen LogP contribution in [-0.2, 0) is 6.42 Å². The second-order valence-corrected chi connectivity index (χ2v) is 6.41. The Balaban J connectivity index is 2.05. The number of nitrogens with zero attached hydrogens (tertiary/aromatic N) is 2. The number of anilines is 1. The number of aromatic nitrogens is 2. The molecule has 0 aliphatic carbocycles. The van der Waals surface area contributed by atoms with Crippen molar-refractivity contribution in [2.45, 2.75) is 23.3 Å². The molecule has 6 heteroatoms. The Morgan fingerprint density at radius 3 is 2.70 bits per heavy atom. The van der Waals surface area contributed by atoms with Crippen LogP contribution in [0.2, 0.25) is 0 Å². The lowest BCUT2D eigenvalue weighted by molar-refractivity contribution is 0.626. The van der Waals surface area contributed by atoms with Crippen LogP contribution in [0.3, 0.4) is 0 Å². The molecule has 20 heavy (non-hydrogen) atoms. The zero-order valence-corrected chi connectivity index (χ0v) is 12.4. The number of hydrogen-bond acceptors (Lipinski definition) is 5. The van der Waals surface area contributed by atoms with E-state index in [9.17, 15) is 4.39 Å². The molecule has 0 saturated carbocycles. The van der Waals surface area contributed by atoms with Crippen LogP contribution in [0.25, 0.3) is 10.2 Å². The van der Waals surface area contributed by atoms with Crippen molar-refractivity contribution < 1.29 is 4.39 Å². The van der Waals surface area contributed by atoms with E-state index in [1.807, 2.05) is 0 Å². The normalized spacial score (nSPS) is 11.1. The highest BCUT2D eigenvalue weighted by Crippen LogP contribution is 2.35. The Bertz CT molecular complexity index is 753. The van der Waals surface area contributed by atoms with Crippen molar-refractivity contribution >= 4 is 39.3 Å². The van der Waals surface area contributed by atoms with Gasteiger partial charge in [0.2, 0.25) is 5.95 Å². The molecule has 2 heterocycles. The summed E-state index contributed by atoms with van der Waals surface area (Å²) in [4.78, 5) is 11.7. The van der Waals surface area contributed by atoms with E-state index in [4.69, 9.17) is 5.73 Å². The van der Waals surface area contributed by atoms with E-state index in [0.29, 0.717) is 0 Å². The summed E-state index contributed by atoms with van der Waals surface area (Å²) < 4.78 is 12.9. The van der Waals surface area contributed by atoms with Crippen molar-refractivity contribution in [2.75, 3.05) is 5.73 Å². The van der Waals surface area contributed by atoms with Gasteiger partial charge >= 0.3 is 0 Å².